The number of hydrogen-bond donors (Lipinski definition) is 0. The van der Waals surface area contributed by atoms with E-state index in [1.54, 1.807) is 0 Å². The smallest absolute Gasteiger partial charge is 0.167 e. The van der Waals surface area contributed by atoms with Crippen LogP contribution in [0, 0.1) is 0 Å². The Morgan fingerprint density at radius 2 is 2.50 bits per heavy atom. The van der Waals surface area contributed by atoms with E-state index in [-0.39, 0.29) is 12.4 Å². The fourth-order valence-corrected chi connectivity index (χ4v) is 1.00. The van der Waals surface area contributed by atoms with E-state index in [2.05, 4.69) is 15.9 Å². The lowest BCUT2D eigenvalue weighted by Gasteiger charge is -2.02. The highest BCUT2D eigenvalue weighted by Crippen LogP contribution is 2.11. The zero-order valence-corrected chi connectivity index (χ0v) is 6.35. The molecule has 1 rings (SSSR count). The highest BCUT2D eigenvalue weighted by atomic mass is 79.9. The van der Waals surface area contributed by atoms with Crippen molar-refractivity contribution in [2.24, 2.45) is 0 Å². The van der Waals surface area contributed by atoms with E-state index in [4.69, 9.17) is 9.47 Å². The fourth-order valence-electron chi connectivity index (χ4n) is 0.661. The molecule has 0 saturated carbocycles. The molecule has 1 fully saturated rings. The Kier molecular flexibility index (Phi) is 2.28. The summed E-state index contributed by atoms with van der Waals surface area (Å²) in [5.41, 5.74) is 0. The monoisotopic (exact) mass is 180 g/mol. The van der Waals surface area contributed by atoms with Crippen molar-refractivity contribution in [1.29, 1.82) is 0 Å². The van der Waals surface area contributed by atoms with Gasteiger partial charge in [-0.25, -0.2) is 0 Å². The largest absolute Gasteiger partial charge is 0.349 e. The van der Waals surface area contributed by atoms with Gasteiger partial charge in [0.05, 0.1) is 18.0 Å². The van der Waals surface area contributed by atoms with Crippen LogP contribution in [0.2, 0.25) is 0 Å². The summed E-state index contributed by atoms with van der Waals surface area (Å²) >= 11 is 3.25. The molecule has 1 aliphatic rings. The predicted octanol–water partition coefficient (Wildman–Crippen LogP) is 1.14. The Labute approximate surface area is 57.3 Å². The number of alkyl halides is 1. The van der Waals surface area contributed by atoms with Crippen molar-refractivity contribution in [1.82, 2.24) is 0 Å². The molecule has 1 heterocycles. The molecule has 0 aromatic rings. The number of rotatable bonds is 1. The van der Waals surface area contributed by atoms with Gasteiger partial charge in [-0.15, -0.1) is 0 Å². The summed E-state index contributed by atoms with van der Waals surface area (Å²) in [6.07, 6.45) is 0.266. The molecule has 0 bridgehead atoms. The maximum absolute atomic E-state index is 5.24. The SMILES string of the molecule is C[C@H]1COC(CBr)O1. The molecule has 1 saturated heterocycles. The number of hydrogen-bond acceptors (Lipinski definition) is 2. The Bertz CT molecular complexity index is 76.8. The van der Waals surface area contributed by atoms with Gasteiger partial charge in [0.2, 0.25) is 0 Å². The second-order valence-electron chi connectivity index (χ2n) is 1.86. The first-order valence-corrected chi connectivity index (χ1v) is 3.78. The van der Waals surface area contributed by atoms with Gasteiger partial charge < -0.3 is 9.47 Å². The van der Waals surface area contributed by atoms with E-state index in [9.17, 15) is 0 Å². The zero-order chi connectivity index (χ0) is 5.98. The molecular weight excluding hydrogens is 172 g/mol. The van der Waals surface area contributed by atoms with Crippen LogP contribution in [-0.2, 0) is 9.47 Å². The number of ether oxygens (including phenoxy) is 2. The van der Waals surface area contributed by atoms with Gasteiger partial charge in [-0.1, -0.05) is 15.9 Å². The molecule has 2 atom stereocenters. The summed E-state index contributed by atoms with van der Waals surface area (Å²) in [7, 11) is 0. The quantitative estimate of drug-likeness (QED) is 0.564. The van der Waals surface area contributed by atoms with Gasteiger partial charge in [0.25, 0.3) is 0 Å². The molecule has 48 valence electrons. The van der Waals surface area contributed by atoms with Crippen molar-refractivity contribution in [2.45, 2.75) is 19.3 Å². The first-order chi connectivity index (χ1) is 3.83. The molecule has 1 aliphatic heterocycles. The van der Waals surface area contributed by atoms with Crippen molar-refractivity contribution < 1.29 is 9.47 Å². The minimum absolute atomic E-state index is 0.00926. The van der Waals surface area contributed by atoms with Crippen LogP contribution >= 0.6 is 15.9 Å². The maximum Gasteiger partial charge on any atom is 0.167 e. The van der Waals surface area contributed by atoms with Gasteiger partial charge >= 0.3 is 0 Å². The lowest BCUT2D eigenvalue weighted by molar-refractivity contribution is -0.0342. The summed E-state index contributed by atoms with van der Waals surface area (Å²) in [5.74, 6) is 0. The zero-order valence-electron chi connectivity index (χ0n) is 4.76. The maximum atomic E-state index is 5.24. The number of halogens is 1. The first-order valence-electron chi connectivity index (χ1n) is 2.66. The second-order valence-corrected chi connectivity index (χ2v) is 2.51. The van der Waals surface area contributed by atoms with Crippen LogP contribution in [0.3, 0.4) is 0 Å². The molecule has 0 radical (unpaired) electrons. The van der Waals surface area contributed by atoms with Crippen LogP contribution in [0.1, 0.15) is 6.92 Å². The third kappa shape index (κ3) is 1.44. The molecule has 3 heteroatoms. The van der Waals surface area contributed by atoms with Gasteiger partial charge in [0, 0.05) is 0 Å². The lowest BCUT2D eigenvalue weighted by Crippen LogP contribution is -2.09. The molecule has 2 nitrogen and oxygen atoms in total. The summed E-state index contributed by atoms with van der Waals surface area (Å²) in [4.78, 5) is 0. The molecule has 8 heavy (non-hydrogen) atoms. The average molecular weight is 181 g/mol. The molecule has 0 spiro atoms. The first kappa shape index (κ1) is 6.52. The van der Waals surface area contributed by atoms with Crippen LogP contribution in [-0.4, -0.2) is 24.3 Å². The van der Waals surface area contributed by atoms with Gasteiger partial charge in [-0.05, 0) is 6.92 Å². The predicted molar refractivity (Wildman–Crippen MR) is 34.1 cm³/mol. The Morgan fingerprint density at radius 3 is 2.75 bits per heavy atom. The Balaban J connectivity index is 2.22. The molecule has 0 N–H and O–H groups in total. The summed E-state index contributed by atoms with van der Waals surface area (Å²) in [6, 6.07) is 0. The molecule has 0 aromatic heterocycles. The Hall–Kier alpha value is 0.400. The van der Waals surface area contributed by atoms with E-state index in [0.717, 1.165) is 11.9 Å². The van der Waals surface area contributed by atoms with E-state index >= 15 is 0 Å². The second kappa shape index (κ2) is 2.80. The lowest BCUT2D eigenvalue weighted by atomic mass is 10.5. The topological polar surface area (TPSA) is 18.5 Å². The van der Waals surface area contributed by atoms with Crippen LogP contribution in [0.4, 0.5) is 0 Å². The van der Waals surface area contributed by atoms with Crippen LogP contribution in [0.25, 0.3) is 0 Å². The third-order valence-electron chi connectivity index (χ3n) is 1.03. The normalized spacial score (nSPS) is 38.2. The van der Waals surface area contributed by atoms with E-state index < -0.39 is 0 Å². The van der Waals surface area contributed by atoms with Crippen molar-refractivity contribution in [2.75, 3.05) is 11.9 Å². The van der Waals surface area contributed by atoms with E-state index in [1.807, 2.05) is 6.92 Å². The van der Waals surface area contributed by atoms with E-state index in [1.165, 1.54) is 0 Å². The minimum Gasteiger partial charge on any atom is -0.349 e. The van der Waals surface area contributed by atoms with Crippen LogP contribution < -0.4 is 0 Å². The van der Waals surface area contributed by atoms with Crippen LogP contribution in [0.15, 0.2) is 0 Å². The molecule has 0 aliphatic carbocycles. The van der Waals surface area contributed by atoms with Gasteiger partial charge in [0.15, 0.2) is 6.29 Å². The third-order valence-corrected chi connectivity index (χ3v) is 1.56. The molecule has 0 amide bonds. The van der Waals surface area contributed by atoms with Gasteiger partial charge in [0.1, 0.15) is 0 Å². The van der Waals surface area contributed by atoms with Crippen molar-refractivity contribution in [3.8, 4) is 0 Å². The molecule has 0 aromatic carbocycles. The van der Waals surface area contributed by atoms with E-state index in [0.29, 0.717) is 0 Å². The molecular formula is C5H9BrO2. The van der Waals surface area contributed by atoms with Gasteiger partial charge in [-0.2, -0.15) is 0 Å². The van der Waals surface area contributed by atoms with Gasteiger partial charge in [-0.3, -0.25) is 0 Å². The fraction of sp³-hybridized carbons (Fsp3) is 1.00. The minimum atomic E-state index is -0.00926. The molecule has 1 unspecified atom stereocenters. The standard InChI is InChI=1S/C5H9BrO2/c1-4-3-7-5(2-6)8-4/h4-5H,2-3H2,1H3/t4-,5?/m0/s1. The van der Waals surface area contributed by atoms with Crippen molar-refractivity contribution >= 4 is 15.9 Å². The highest BCUT2D eigenvalue weighted by molar-refractivity contribution is 9.09. The summed E-state index contributed by atoms with van der Waals surface area (Å²) in [5, 5.41) is 0.775. The summed E-state index contributed by atoms with van der Waals surface area (Å²) < 4.78 is 10.4. The Morgan fingerprint density at radius 1 is 1.75 bits per heavy atom. The summed E-state index contributed by atoms with van der Waals surface area (Å²) in [6.45, 7) is 2.74. The van der Waals surface area contributed by atoms with Crippen molar-refractivity contribution in [3.63, 3.8) is 0 Å². The van der Waals surface area contributed by atoms with Crippen LogP contribution in [0.5, 0.6) is 0 Å². The highest BCUT2D eigenvalue weighted by Gasteiger charge is 2.20. The average Bonchev–Trinajstić information content (AvgIpc) is 2.14. The van der Waals surface area contributed by atoms with Crippen molar-refractivity contribution in [3.05, 3.63) is 0 Å².